The number of aryl methyl sites for hydroxylation is 1. The van der Waals surface area contributed by atoms with E-state index in [1.807, 2.05) is 13.8 Å². The standard InChI is InChI=1S/C17H19ClN2O3S/c1-9-10(2)24-17(20-16(22)13(19)8-23-3)14(9)15(21)11-4-6-12(18)7-5-11/h4-7,13H,8,19H2,1-3H3,(H,20,22). The maximum Gasteiger partial charge on any atom is 0.244 e. The van der Waals surface area contributed by atoms with Gasteiger partial charge < -0.3 is 15.8 Å². The molecule has 2 aromatic rings. The summed E-state index contributed by atoms with van der Waals surface area (Å²) in [4.78, 5) is 25.9. The van der Waals surface area contributed by atoms with Gasteiger partial charge in [-0.1, -0.05) is 11.6 Å². The molecule has 7 heteroatoms. The molecule has 5 nitrogen and oxygen atoms in total. The molecule has 2 rings (SSSR count). The Balaban J connectivity index is 2.34. The number of thiophene rings is 1. The highest BCUT2D eigenvalue weighted by Gasteiger charge is 2.23. The van der Waals surface area contributed by atoms with E-state index in [0.717, 1.165) is 10.4 Å². The highest BCUT2D eigenvalue weighted by Crippen LogP contribution is 2.34. The predicted molar refractivity (Wildman–Crippen MR) is 97.2 cm³/mol. The average molecular weight is 367 g/mol. The van der Waals surface area contributed by atoms with Gasteiger partial charge in [-0.05, 0) is 43.7 Å². The van der Waals surface area contributed by atoms with E-state index >= 15 is 0 Å². The molecule has 0 aliphatic heterocycles. The number of ether oxygens (including phenoxy) is 1. The van der Waals surface area contributed by atoms with Crippen LogP contribution in [-0.2, 0) is 9.53 Å². The molecule has 1 unspecified atom stereocenters. The SMILES string of the molecule is COCC(N)C(=O)Nc1sc(C)c(C)c1C(=O)c1ccc(Cl)cc1. The van der Waals surface area contributed by atoms with Crippen LogP contribution in [0.4, 0.5) is 5.00 Å². The first-order valence-corrected chi connectivity index (χ1v) is 8.50. The molecule has 0 saturated heterocycles. The Bertz CT molecular complexity index is 756. The van der Waals surface area contributed by atoms with Crippen molar-refractivity contribution in [3.63, 3.8) is 0 Å². The summed E-state index contributed by atoms with van der Waals surface area (Å²) in [5, 5.41) is 3.81. The quantitative estimate of drug-likeness (QED) is 0.769. The number of hydrogen-bond acceptors (Lipinski definition) is 5. The Morgan fingerprint density at radius 2 is 1.92 bits per heavy atom. The minimum Gasteiger partial charge on any atom is -0.383 e. The summed E-state index contributed by atoms with van der Waals surface area (Å²) in [6.07, 6.45) is 0. The zero-order valence-corrected chi connectivity index (χ0v) is 15.3. The Hall–Kier alpha value is -1.73. The molecule has 0 fully saturated rings. The van der Waals surface area contributed by atoms with Crippen LogP contribution in [0.1, 0.15) is 26.4 Å². The molecule has 1 aromatic heterocycles. The van der Waals surface area contributed by atoms with Crippen LogP contribution in [0, 0.1) is 13.8 Å². The van der Waals surface area contributed by atoms with Gasteiger partial charge in [0, 0.05) is 22.6 Å². The van der Waals surface area contributed by atoms with Gasteiger partial charge >= 0.3 is 0 Å². The zero-order chi connectivity index (χ0) is 17.9. The smallest absolute Gasteiger partial charge is 0.244 e. The number of halogens is 1. The van der Waals surface area contributed by atoms with Crippen molar-refractivity contribution < 1.29 is 14.3 Å². The van der Waals surface area contributed by atoms with Crippen molar-refractivity contribution >= 4 is 39.6 Å². The van der Waals surface area contributed by atoms with Gasteiger partial charge in [0.05, 0.1) is 12.2 Å². The van der Waals surface area contributed by atoms with Crippen LogP contribution in [0.5, 0.6) is 0 Å². The number of rotatable bonds is 6. The van der Waals surface area contributed by atoms with E-state index in [2.05, 4.69) is 5.32 Å². The second-order valence-corrected chi connectivity index (χ2v) is 7.04. The first-order valence-electron chi connectivity index (χ1n) is 7.30. The van der Waals surface area contributed by atoms with Crippen LogP contribution < -0.4 is 11.1 Å². The summed E-state index contributed by atoms with van der Waals surface area (Å²) >= 11 is 7.23. The second-order valence-electron chi connectivity index (χ2n) is 5.37. The summed E-state index contributed by atoms with van der Waals surface area (Å²) in [6, 6.07) is 5.86. The van der Waals surface area contributed by atoms with Crippen molar-refractivity contribution in [3.05, 3.63) is 50.9 Å². The molecule has 0 spiro atoms. The third kappa shape index (κ3) is 4.02. The molecule has 1 atom stereocenters. The van der Waals surface area contributed by atoms with Gasteiger partial charge in [0.15, 0.2) is 5.78 Å². The van der Waals surface area contributed by atoms with E-state index in [0.29, 0.717) is 21.2 Å². The fourth-order valence-electron chi connectivity index (χ4n) is 2.19. The van der Waals surface area contributed by atoms with Gasteiger partial charge in [-0.25, -0.2) is 0 Å². The molecule has 1 aromatic carbocycles. The maximum atomic E-state index is 12.8. The van der Waals surface area contributed by atoms with Gasteiger partial charge in [-0.2, -0.15) is 0 Å². The molecular formula is C17H19ClN2O3S. The second kappa shape index (κ2) is 7.90. The molecule has 1 amide bonds. The number of nitrogens with two attached hydrogens (primary N) is 1. The molecule has 3 N–H and O–H groups in total. The number of benzene rings is 1. The topological polar surface area (TPSA) is 81.4 Å². The number of anilines is 1. The number of carbonyl (C=O) groups is 2. The van der Waals surface area contributed by atoms with Gasteiger partial charge in [-0.15, -0.1) is 11.3 Å². The monoisotopic (exact) mass is 366 g/mol. The Kier molecular flexibility index (Phi) is 6.12. The largest absolute Gasteiger partial charge is 0.383 e. The molecular weight excluding hydrogens is 348 g/mol. The molecule has 0 radical (unpaired) electrons. The summed E-state index contributed by atoms with van der Waals surface area (Å²) in [5.74, 6) is -0.549. The average Bonchev–Trinajstić information content (AvgIpc) is 2.82. The van der Waals surface area contributed by atoms with E-state index in [1.54, 1.807) is 24.3 Å². The minimum absolute atomic E-state index is 0.107. The summed E-state index contributed by atoms with van der Waals surface area (Å²) in [7, 11) is 1.47. The lowest BCUT2D eigenvalue weighted by molar-refractivity contribution is -0.118. The van der Waals surface area contributed by atoms with E-state index < -0.39 is 6.04 Å². The van der Waals surface area contributed by atoms with E-state index in [9.17, 15) is 9.59 Å². The fourth-order valence-corrected chi connectivity index (χ4v) is 3.38. The maximum absolute atomic E-state index is 12.8. The van der Waals surface area contributed by atoms with Crippen molar-refractivity contribution in [1.29, 1.82) is 0 Å². The number of nitrogens with one attached hydrogen (secondary N) is 1. The number of hydrogen-bond donors (Lipinski definition) is 2. The summed E-state index contributed by atoms with van der Waals surface area (Å²) in [5.41, 5.74) is 7.58. The highest BCUT2D eigenvalue weighted by atomic mass is 35.5. The minimum atomic E-state index is -0.795. The normalized spacial score (nSPS) is 12.0. The molecule has 0 bridgehead atoms. The molecule has 0 aliphatic carbocycles. The first-order chi connectivity index (χ1) is 11.3. The van der Waals surface area contributed by atoms with Crippen LogP contribution in [-0.4, -0.2) is 31.4 Å². The molecule has 128 valence electrons. The molecule has 1 heterocycles. The number of ketones is 1. The first kappa shape index (κ1) is 18.6. The van der Waals surface area contributed by atoms with Crippen LogP contribution in [0.15, 0.2) is 24.3 Å². The van der Waals surface area contributed by atoms with Crippen molar-refractivity contribution in [2.24, 2.45) is 5.73 Å². The van der Waals surface area contributed by atoms with Crippen molar-refractivity contribution in [3.8, 4) is 0 Å². The highest BCUT2D eigenvalue weighted by molar-refractivity contribution is 7.16. The number of amides is 1. The Morgan fingerprint density at radius 3 is 2.50 bits per heavy atom. The van der Waals surface area contributed by atoms with Crippen LogP contribution >= 0.6 is 22.9 Å². The van der Waals surface area contributed by atoms with Gasteiger partial charge in [0.2, 0.25) is 5.91 Å². The van der Waals surface area contributed by atoms with Crippen molar-refractivity contribution in [2.45, 2.75) is 19.9 Å². The molecule has 0 saturated carbocycles. The lowest BCUT2D eigenvalue weighted by Gasteiger charge is -2.11. The van der Waals surface area contributed by atoms with Crippen molar-refractivity contribution in [1.82, 2.24) is 0 Å². The third-order valence-corrected chi connectivity index (χ3v) is 5.01. The van der Waals surface area contributed by atoms with Crippen LogP contribution in [0.2, 0.25) is 5.02 Å². The lowest BCUT2D eigenvalue weighted by Crippen LogP contribution is -2.39. The Labute approximate surface area is 149 Å². The molecule has 0 aliphatic rings. The number of methoxy groups -OCH3 is 1. The van der Waals surface area contributed by atoms with Gasteiger partial charge in [-0.3, -0.25) is 9.59 Å². The van der Waals surface area contributed by atoms with E-state index in [-0.39, 0.29) is 18.3 Å². The van der Waals surface area contributed by atoms with E-state index in [1.165, 1.54) is 18.4 Å². The summed E-state index contributed by atoms with van der Waals surface area (Å²) in [6.45, 7) is 3.87. The zero-order valence-electron chi connectivity index (χ0n) is 13.7. The summed E-state index contributed by atoms with van der Waals surface area (Å²) < 4.78 is 4.89. The van der Waals surface area contributed by atoms with Crippen LogP contribution in [0.25, 0.3) is 0 Å². The predicted octanol–water partition coefficient (Wildman–Crippen LogP) is 3.16. The van der Waals surface area contributed by atoms with Crippen LogP contribution in [0.3, 0.4) is 0 Å². The third-order valence-electron chi connectivity index (χ3n) is 3.64. The molecule has 24 heavy (non-hydrogen) atoms. The van der Waals surface area contributed by atoms with Gasteiger partial charge in [0.25, 0.3) is 0 Å². The lowest BCUT2D eigenvalue weighted by atomic mass is 10.0. The van der Waals surface area contributed by atoms with Gasteiger partial charge in [0.1, 0.15) is 11.0 Å². The fraction of sp³-hybridized carbons (Fsp3) is 0.294. The Morgan fingerprint density at radius 1 is 1.29 bits per heavy atom. The van der Waals surface area contributed by atoms with Crippen molar-refractivity contribution in [2.75, 3.05) is 19.0 Å². The number of carbonyl (C=O) groups excluding carboxylic acids is 2. The van der Waals surface area contributed by atoms with E-state index in [4.69, 9.17) is 22.1 Å².